The van der Waals surface area contributed by atoms with E-state index in [4.69, 9.17) is 17.2 Å². The van der Waals surface area contributed by atoms with Crippen LogP contribution in [0.3, 0.4) is 0 Å². The fourth-order valence-electron chi connectivity index (χ4n) is 7.00. The molecule has 44 heavy (non-hydrogen) atoms. The third kappa shape index (κ3) is 5.51. The quantitative estimate of drug-likeness (QED) is 0.179. The molecule has 0 saturated heterocycles. The average molecular weight is 916 g/mol. The molecule has 6 rings (SSSR count). The Labute approximate surface area is 287 Å². The first-order chi connectivity index (χ1) is 20.6. The Kier molecular flexibility index (Phi) is 8.45. The van der Waals surface area contributed by atoms with Crippen LogP contribution < -0.4 is 0 Å². The monoisotopic (exact) mass is 914 g/mol. The Bertz CT molecular complexity index is 1770. The molecule has 0 atom stereocenters. The van der Waals surface area contributed by atoms with E-state index in [1.807, 2.05) is 0 Å². The summed E-state index contributed by atoms with van der Waals surface area (Å²) in [4.78, 5) is 0. The van der Waals surface area contributed by atoms with E-state index in [-0.39, 0.29) is 18.2 Å². The SMILES string of the molecule is CC(C)(C)c1ccc2c(c1)[CH]([Hf]([Cl])([Cl])(=[C](c1ccc(Br)cc1)c1ccc(Br)cc1)[CH]1C=CC=C1)c1cc(C(C)(C)C)ccc1-2. The second-order valence-electron chi connectivity index (χ2n) is 14.4. The normalized spacial score (nSPS) is 15.5. The molecule has 0 fully saturated rings. The van der Waals surface area contributed by atoms with Gasteiger partial charge in [-0.05, 0) is 0 Å². The van der Waals surface area contributed by atoms with Crippen LogP contribution in [-0.2, 0) is 26.5 Å². The van der Waals surface area contributed by atoms with Gasteiger partial charge in [-0.2, -0.15) is 0 Å². The van der Waals surface area contributed by atoms with Crippen molar-refractivity contribution in [3.05, 3.63) is 152 Å². The second-order valence-corrected chi connectivity index (χ2v) is 45.7. The third-order valence-corrected chi connectivity index (χ3v) is 38.5. The first-order valence-electron chi connectivity index (χ1n) is 15.2. The molecule has 0 spiro atoms. The van der Waals surface area contributed by atoms with Gasteiger partial charge in [-0.3, -0.25) is 0 Å². The molecule has 0 bridgehead atoms. The molecule has 4 aromatic rings. The van der Waals surface area contributed by atoms with Gasteiger partial charge in [0.1, 0.15) is 0 Å². The van der Waals surface area contributed by atoms with E-state index < -0.39 is 15.7 Å². The van der Waals surface area contributed by atoms with Crippen LogP contribution in [0.2, 0.25) is 3.67 Å². The fourth-order valence-corrected chi connectivity index (χ4v) is 35.3. The van der Waals surface area contributed by atoms with Crippen LogP contribution >= 0.6 is 49.0 Å². The van der Waals surface area contributed by atoms with Gasteiger partial charge in [0.15, 0.2) is 0 Å². The molecule has 0 nitrogen and oxygen atoms in total. The number of allylic oxidation sites excluding steroid dienone is 4. The van der Waals surface area contributed by atoms with Gasteiger partial charge < -0.3 is 0 Å². The van der Waals surface area contributed by atoms with Crippen LogP contribution in [0.1, 0.15) is 78.6 Å². The van der Waals surface area contributed by atoms with Crippen molar-refractivity contribution in [1.29, 1.82) is 0 Å². The molecule has 0 unspecified atom stereocenters. The maximum absolute atomic E-state index is 8.73. The summed E-state index contributed by atoms with van der Waals surface area (Å²) in [7, 11) is 17.5. The third-order valence-electron chi connectivity index (χ3n) is 9.38. The van der Waals surface area contributed by atoms with Gasteiger partial charge in [0, 0.05) is 0 Å². The van der Waals surface area contributed by atoms with Crippen molar-refractivity contribution in [2.45, 2.75) is 59.7 Å². The number of rotatable bonds is 4. The van der Waals surface area contributed by atoms with Crippen molar-refractivity contribution in [3.8, 4) is 11.1 Å². The Hall–Kier alpha value is -1.36. The summed E-state index contributed by atoms with van der Waals surface area (Å²) in [6, 6.07) is 31.2. The molecular weight excluding hydrogens is 878 g/mol. The molecule has 226 valence electrons. The minimum atomic E-state index is -5.57. The van der Waals surface area contributed by atoms with Crippen LogP contribution in [0, 0.1) is 0 Å². The summed E-state index contributed by atoms with van der Waals surface area (Å²) in [6.45, 7) is 13.7. The molecule has 0 radical (unpaired) electrons. The van der Waals surface area contributed by atoms with E-state index in [1.165, 1.54) is 33.4 Å². The number of fused-ring (bicyclic) bond motifs is 3. The predicted octanol–water partition coefficient (Wildman–Crippen LogP) is 13.1. The van der Waals surface area contributed by atoms with Crippen molar-refractivity contribution in [2.75, 3.05) is 0 Å². The molecule has 2 aliphatic carbocycles. The van der Waals surface area contributed by atoms with Crippen LogP contribution in [0.15, 0.2) is 118 Å². The number of halogens is 4. The van der Waals surface area contributed by atoms with Gasteiger partial charge in [0.05, 0.1) is 0 Å². The van der Waals surface area contributed by atoms with Gasteiger partial charge in [0.25, 0.3) is 0 Å². The summed E-state index contributed by atoms with van der Waals surface area (Å²) < 4.78 is 2.93. The molecule has 0 heterocycles. The van der Waals surface area contributed by atoms with E-state index in [2.05, 4.69) is 183 Å². The Morgan fingerprint density at radius 1 is 0.591 bits per heavy atom. The molecule has 0 N–H and O–H groups in total. The second kappa shape index (κ2) is 11.4. The number of benzene rings is 4. The average Bonchev–Trinajstić information content (AvgIpc) is 3.62. The predicted molar refractivity (Wildman–Crippen MR) is 196 cm³/mol. The van der Waals surface area contributed by atoms with E-state index in [0.717, 1.165) is 23.3 Å². The summed E-state index contributed by atoms with van der Waals surface area (Å²) >= 11 is 1.77. The fraction of sp³-hybridized carbons (Fsp3) is 0.256. The maximum atomic E-state index is 8.73. The molecule has 4 aromatic carbocycles. The van der Waals surface area contributed by atoms with Gasteiger partial charge in [-0.1, -0.05) is 0 Å². The summed E-state index contributed by atoms with van der Waals surface area (Å²) in [5, 5.41) is 0. The van der Waals surface area contributed by atoms with E-state index in [1.54, 1.807) is 0 Å². The van der Waals surface area contributed by atoms with Crippen LogP contribution in [0.4, 0.5) is 0 Å². The standard InChI is InChI=1S/C21H25.C13H8Br2.C5H5.2ClH.Hf/c1-20(2,3)16-7-9-18-14(12-16)11-15-13-17(21(4,5)6)8-10-19(15)18;14-12-5-1-10(2-6-12)9-11-3-7-13(15)8-4-11;1-2-4-5-3-1;;;/h7-13H,1-6H3;1-8H;1-5H;2*1H;/q;;;;;+2/p-2. The molecular formula is C39H38Br2Cl2Hf. The zero-order valence-electron chi connectivity index (χ0n) is 26.1. The van der Waals surface area contributed by atoms with Crippen LogP contribution in [0.5, 0.6) is 0 Å². The first kappa shape index (κ1) is 32.6. The van der Waals surface area contributed by atoms with Gasteiger partial charge >= 0.3 is 290 Å². The van der Waals surface area contributed by atoms with Crippen molar-refractivity contribution >= 4 is 52.3 Å². The van der Waals surface area contributed by atoms with Crippen molar-refractivity contribution in [2.24, 2.45) is 0 Å². The number of hydrogen-bond donors (Lipinski definition) is 0. The minimum absolute atomic E-state index is 0.0208. The molecule has 5 heteroatoms. The zero-order valence-corrected chi connectivity index (χ0v) is 34.3. The van der Waals surface area contributed by atoms with Gasteiger partial charge in [-0.25, -0.2) is 0 Å². The molecule has 0 aliphatic heterocycles. The van der Waals surface area contributed by atoms with E-state index in [0.29, 0.717) is 0 Å². The summed E-state index contributed by atoms with van der Waals surface area (Å²) in [5.74, 6) is 0. The van der Waals surface area contributed by atoms with Crippen molar-refractivity contribution in [1.82, 2.24) is 0 Å². The summed E-state index contributed by atoms with van der Waals surface area (Å²) in [6.07, 6.45) is 8.76. The molecule has 0 amide bonds. The van der Waals surface area contributed by atoms with Gasteiger partial charge in [0.2, 0.25) is 0 Å². The molecule has 0 saturated carbocycles. The Morgan fingerprint density at radius 2 is 0.977 bits per heavy atom. The van der Waals surface area contributed by atoms with Gasteiger partial charge in [-0.15, -0.1) is 0 Å². The number of hydrogen-bond acceptors (Lipinski definition) is 0. The summed E-state index contributed by atoms with van der Waals surface area (Å²) in [5.41, 5.74) is 9.74. The zero-order chi connectivity index (χ0) is 31.7. The van der Waals surface area contributed by atoms with Crippen LogP contribution in [-0.4, -0.2) is 3.26 Å². The Balaban J connectivity index is 1.84. The van der Waals surface area contributed by atoms with E-state index >= 15 is 0 Å². The van der Waals surface area contributed by atoms with Crippen molar-refractivity contribution in [3.63, 3.8) is 0 Å². The van der Waals surface area contributed by atoms with Crippen LogP contribution in [0.25, 0.3) is 11.1 Å². The van der Waals surface area contributed by atoms with Crippen molar-refractivity contribution < 1.29 is 15.7 Å². The topological polar surface area (TPSA) is 0 Å². The molecule has 0 aromatic heterocycles. The Morgan fingerprint density at radius 3 is 1.34 bits per heavy atom. The first-order valence-corrected chi connectivity index (χ1v) is 31.6. The van der Waals surface area contributed by atoms with E-state index in [9.17, 15) is 0 Å². The molecule has 2 aliphatic rings.